The van der Waals surface area contributed by atoms with Crippen molar-refractivity contribution in [2.24, 2.45) is 0 Å². The molecule has 0 spiro atoms. The second-order valence-electron chi connectivity index (χ2n) is 10.1. The summed E-state index contributed by atoms with van der Waals surface area (Å²) in [5.74, 6) is 0. The van der Waals surface area contributed by atoms with Gasteiger partial charge >= 0.3 is 7.12 Å². The molecule has 2 aliphatic rings. The molecule has 0 unspecified atom stereocenters. The predicted octanol–water partition coefficient (Wildman–Crippen LogP) is 5.96. The van der Waals surface area contributed by atoms with Gasteiger partial charge in [-0.1, -0.05) is 74.5 Å². The van der Waals surface area contributed by atoms with E-state index in [0.717, 1.165) is 5.46 Å². The first kappa shape index (κ1) is 19.6. The Bertz CT molecular complexity index is 1130. The van der Waals surface area contributed by atoms with Crippen molar-refractivity contribution in [3.63, 3.8) is 0 Å². The van der Waals surface area contributed by atoms with E-state index in [9.17, 15) is 0 Å². The summed E-state index contributed by atoms with van der Waals surface area (Å²) >= 11 is 0. The van der Waals surface area contributed by atoms with Crippen LogP contribution in [0.2, 0.25) is 0 Å². The highest BCUT2D eigenvalue weighted by Gasteiger charge is 2.51. The van der Waals surface area contributed by atoms with Crippen LogP contribution in [-0.2, 0) is 14.7 Å². The molecule has 5 rings (SSSR count). The third-order valence-corrected chi connectivity index (χ3v) is 7.33. The van der Waals surface area contributed by atoms with E-state index in [1.807, 2.05) is 0 Å². The third kappa shape index (κ3) is 2.80. The molecule has 0 N–H and O–H groups in total. The highest BCUT2D eigenvalue weighted by atomic mass is 16.7. The Labute approximate surface area is 180 Å². The monoisotopic (exact) mass is 396 g/mol. The zero-order chi connectivity index (χ0) is 21.3. The summed E-state index contributed by atoms with van der Waals surface area (Å²) in [6, 6.07) is 24.2. The van der Waals surface area contributed by atoms with Crippen molar-refractivity contribution >= 4 is 12.6 Å². The van der Waals surface area contributed by atoms with Crippen molar-refractivity contribution in [1.82, 2.24) is 0 Å². The highest BCUT2D eigenvalue weighted by Crippen LogP contribution is 2.49. The standard InChI is InChI=1S/C27H29BO2/c1-25(2)23-13-8-7-12-21(23)22-15-14-19(17-24(22)25)18-10-9-11-20(16-18)28-29-26(3,4)27(5,6)30-28/h7-17H,1-6H3. The van der Waals surface area contributed by atoms with Crippen molar-refractivity contribution in [3.05, 3.63) is 77.9 Å². The summed E-state index contributed by atoms with van der Waals surface area (Å²) in [5.41, 5.74) is 8.32. The van der Waals surface area contributed by atoms with Crippen molar-refractivity contribution in [1.29, 1.82) is 0 Å². The van der Waals surface area contributed by atoms with Crippen LogP contribution in [-0.4, -0.2) is 18.3 Å². The molecule has 0 radical (unpaired) electrons. The number of fused-ring (bicyclic) bond motifs is 3. The Morgan fingerprint density at radius 2 is 1.23 bits per heavy atom. The van der Waals surface area contributed by atoms with E-state index in [1.165, 1.54) is 33.4 Å². The van der Waals surface area contributed by atoms with Crippen LogP contribution in [0.5, 0.6) is 0 Å². The van der Waals surface area contributed by atoms with Crippen LogP contribution >= 0.6 is 0 Å². The van der Waals surface area contributed by atoms with Gasteiger partial charge in [0.05, 0.1) is 11.2 Å². The van der Waals surface area contributed by atoms with Crippen LogP contribution in [0.25, 0.3) is 22.3 Å². The van der Waals surface area contributed by atoms with E-state index in [1.54, 1.807) is 0 Å². The summed E-state index contributed by atoms with van der Waals surface area (Å²) in [4.78, 5) is 0. The molecule has 1 fully saturated rings. The molecule has 3 heteroatoms. The summed E-state index contributed by atoms with van der Waals surface area (Å²) < 4.78 is 12.5. The van der Waals surface area contributed by atoms with E-state index >= 15 is 0 Å². The fourth-order valence-electron chi connectivity index (χ4n) is 4.73. The van der Waals surface area contributed by atoms with Gasteiger partial charge in [-0.15, -0.1) is 0 Å². The average Bonchev–Trinajstić information content (AvgIpc) is 3.08. The molecule has 0 atom stereocenters. The fraction of sp³-hybridized carbons (Fsp3) is 0.333. The van der Waals surface area contributed by atoms with Gasteiger partial charge in [-0.2, -0.15) is 0 Å². The van der Waals surface area contributed by atoms with Gasteiger partial charge in [0.25, 0.3) is 0 Å². The lowest BCUT2D eigenvalue weighted by Crippen LogP contribution is -2.41. The average molecular weight is 396 g/mol. The van der Waals surface area contributed by atoms with Gasteiger partial charge in [-0.3, -0.25) is 0 Å². The van der Waals surface area contributed by atoms with Crippen LogP contribution in [0.4, 0.5) is 0 Å². The lowest BCUT2D eigenvalue weighted by atomic mass is 9.77. The molecule has 3 aromatic carbocycles. The van der Waals surface area contributed by atoms with Gasteiger partial charge in [0, 0.05) is 5.41 Å². The van der Waals surface area contributed by atoms with E-state index < -0.39 is 0 Å². The molecule has 0 amide bonds. The molecule has 0 aromatic heterocycles. The molecule has 30 heavy (non-hydrogen) atoms. The number of benzene rings is 3. The maximum Gasteiger partial charge on any atom is 0.494 e. The normalized spacial score (nSPS) is 20.1. The zero-order valence-electron chi connectivity index (χ0n) is 18.7. The summed E-state index contributed by atoms with van der Waals surface area (Å²) in [5, 5.41) is 0. The summed E-state index contributed by atoms with van der Waals surface area (Å²) in [7, 11) is -0.343. The molecule has 1 saturated heterocycles. The van der Waals surface area contributed by atoms with Gasteiger partial charge in [0.2, 0.25) is 0 Å². The molecule has 0 saturated carbocycles. The Hall–Kier alpha value is -2.36. The smallest absolute Gasteiger partial charge is 0.399 e. The summed E-state index contributed by atoms with van der Waals surface area (Å²) in [6.07, 6.45) is 0. The quantitative estimate of drug-likeness (QED) is 0.498. The molecular formula is C27H29BO2. The van der Waals surface area contributed by atoms with Crippen molar-refractivity contribution in [3.8, 4) is 22.3 Å². The second kappa shape index (κ2) is 6.32. The van der Waals surface area contributed by atoms with Crippen molar-refractivity contribution < 1.29 is 9.31 Å². The van der Waals surface area contributed by atoms with Gasteiger partial charge in [0.1, 0.15) is 0 Å². The first-order chi connectivity index (χ1) is 14.1. The molecule has 152 valence electrons. The number of hydrogen-bond acceptors (Lipinski definition) is 2. The fourth-order valence-corrected chi connectivity index (χ4v) is 4.73. The predicted molar refractivity (Wildman–Crippen MR) is 125 cm³/mol. The highest BCUT2D eigenvalue weighted by molar-refractivity contribution is 6.62. The first-order valence-corrected chi connectivity index (χ1v) is 10.8. The Morgan fingerprint density at radius 1 is 0.600 bits per heavy atom. The Morgan fingerprint density at radius 3 is 1.97 bits per heavy atom. The maximum atomic E-state index is 6.27. The van der Waals surface area contributed by atoms with Crippen LogP contribution in [0, 0.1) is 0 Å². The molecule has 0 bridgehead atoms. The zero-order valence-corrected chi connectivity index (χ0v) is 18.7. The molecule has 1 heterocycles. The van der Waals surface area contributed by atoms with Gasteiger partial charge in [-0.25, -0.2) is 0 Å². The van der Waals surface area contributed by atoms with Crippen molar-refractivity contribution in [2.45, 2.75) is 58.2 Å². The van der Waals surface area contributed by atoms with E-state index in [4.69, 9.17) is 9.31 Å². The second-order valence-corrected chi connectivity index (χ2v) is 10.1. The van der Waals surface area contributed by atoms with E-state index in [2.05, 4.69) is 108 Å². The minimum absolute atomic E-state index is 0.00523. The number of rotatable bonds is 2. The topological polar surface area (TPSA) is 18.5 Å². The lowest BCUT2D eigenvalue weighted by Gasteiger charge is -2.32. The molecule has 1 aliphatic carbocycles. The van der Waals surface area contributed by atoms with Gasteiger partial charge in [-0.05, 0) is 72.6 Å². The minimum Gasteiger partial charge on any atom is -0.399 e. The first-order valence-electron chi connectivity index (χ1n) is 10.8. The van der Waals surface area contributed by atoms with Crippen molar-refractivity contribution in [2.75, 3.05) is 0 Å². The molecule has 1 aliphatic heterocycles. The van der Waals surface area contributed by atoms with Crippen LogP contribution in [0.3, 0.4) is 0 Å². The molecule has 3 aromatic rings. The number of hydrogen-bond donors (Lipinski definition) is 0. The maximum absolute atomic E-state index is 6.27. The van der Waals surface area contributed by atoms with Gasteiger partial charge < -0.3 is 9.31 Å². The largest absolute Gasteiger partial charge is 0.494 e. The van der Waals surface area contributed by atoms with Crippen LogP contribution in [0.15, 0.2) is 66.7 Å². The van der Waals surface area contributed by atoms with E-state index in [0.29, 0.717) is 0 Å². The van der Waals surface area contributed by atoms with Crippen LogP contribution < -0.4 is 5.46 Å². The molecular weight excluding hydrogens is 367 g/mol. The molecule has 2 nitrogen and oxygen atoms in total. The Kier molecular flexibility index (Phi) is 4.13. The minimum atomic E-state index is -0.343. The Balaban J connectivity index is 1.53. The summed E-state index contributed by atoms with van der Waals surface area (Å²) in [6.45, 7) is 13.0. The van der Waals surface area contributed by atoms with Crippen LogP contribution in [0.1, 0.15) is 52.7 Å². The van der Waals surface area contributed by atoms with E-state index in [-0.39, 0.29) is 23.7 Å². The SMILES string of the molecule is CC1(C)c2ccccc2-c2ccc(-c3cccc(B4OC(C)(C)C(C)(C)O4)c3)cc21. The third-order valence-electron chi connectivity index (χ3n) is 7.33. The van der Waals surface area contributed by atoms with Gasteiger partial charge in [0.15, 0.2) is 0 Å². The lowest BCUT2D eigenvalue weighted by molar-refractivity contribution is 0.00578.